The van der Waals surface area contributed by atoms with Crippen LogP contribution >= 0.6 is 0 Å². The van der Waals surface area contributed by atoms with Crippen molar-refractivity contribution >= 4 is 28.9 Å². The number of amides is 2. The van der Waals surface area contributed by atoms with Gasteiger partial charge in [-0.2, -0.15) is 0 Å². The maximum atomic E-state index is 12.8. The lowest BCUT2D eigenvalue weighted by atomic mass is 10.0. The van der Waals surface area contributed by atoms with Crippen LogP contribution in [0.1, 0.15) is 26.2 Å². The lowest BCUT2D eigenvalue weighted by Crippen LogP contribution is -2.56. The SMILES string of the molecule is CC1(C(=O)Nc2ccc(N3CCCCC3)cc2)Oc2ccccc2NC1=O. The molecule has 2 aromatic carbocycles. The second kappa shape index (κ2) is 6.95. The van der Waals surface area contributed by atoms with Gasteiger partial charge in [-0.05, 0) is 62.6 Å². The van der Waals surface area contributed by atoms with Gasteiger partial charge in [0, 0.05) is 24.5 Å². The molecule has 1 unspecified atom stereocenters. The number of anilines is 3. The van der Waals surface area contributed by atoms with Crippen molar-refractivity contribution in [2.24, 2.45) is 0 Å². The molecule has 1 atom stereocenters. The molecule has 0 aromatic heterocycles. The summed E-state index contributed by atoms with van der Waals surface area (Å²) in [7, 11) is 0. The molecule has 6 heteroatoms. The van der Waals surface area contributed by atoms with Crippen molar-refractivity contribution in [1.29, 1.82) is 0 Å². The summed E-state index contributed by atoms with van der Waals surface area (Å²) in [4.78, 5) is 27.6. The Morgan fingerprint density at radius 3 is 2.52 bits per heavy atom. The summed E-state index contributed by atoms with van der Waals surface area (Å²) in [6.07, 6.45) is 3.71. The molecular weight excluding hydrogens is 342 g/mol. The predicted molar refractivity (Wildman–Crippen MR) is 105 cm³/mol. The topological polar surface area (TPSA) is 70.7 Å². The summed E-state index contributed by atoms with van der Waals surface area (Å²) in [5.41, 5.74) is 0.732. The van der Waals surface area contributed by atoms with Gasteiger partial charge in [0.2, 0.25) is 0 Å². The molecule has 1 saturated heterocycles. The van der Waals surface area contributed by atoms with E-state index in [9.17, 15) is 9.59 Å². The van der Waals surface area contributed by atoms with Crippen molar-refractivity contribution in [2.75, 3.05) is 28.6 Å². The van der Waals surface area contributed by atoms with E-state index in [1.54, 1.807) is 24.3 Å². The summed E-state index contributed by atoms with van der Waals surface area (Å²) in [5, 5.41) is 5.54. The quantitative estimate of drug-likeness (QED) is 0.818. The molecule has 6 nitrogen and oxygen atoms in total. The molecule has 0 saturated carbocycles. The van der Waals surface area contributed by atoms with E-state index in [0.717, 1.165) is 18.8 Å². The van der Waals surface area contributed by atoms with Crippen molar-refractivity contribution in [2.45, 2.75) is 31.8 Å². The zero-order chi connectivity index (χ0) is 18.9. The van der Waals surface area contributed by atoms with E-state index in [4.69, 9.17) is 4.74 Å². The molecule has 2 amide bonds. The molecular formula is C21H23N3O3. The first-order chi connectivity index (χ1) is 13.1. The second-order valence-electron chi connectivity index (χ2n) is 7.13. The summed E-state index contributed by atoms with van der Waals surface area (Å²) in [6, 6.07) is 14.8. The number of hydrogen-bond acceptors (Lipinski definition) is 4. The number of fused-ring (bicyclic) bond motifs is 1. The normalized spacial score (nSPS) is 21.7. The number of nitrogens with zero attached hydrogens (tertiary/aromatic N) is 1. The maximum absolute atomic E-state index is 12.8. The highest BCUT2D eigenvalue weighted by atomic mass is 16.5. The van der Waals surface area contributed by atoms with Gasteiger partial charge in [0.1, 0.15) is 5.75 Å². The minimum absolute atomic E-state index is 0.482. The van der Waals surface area contributed by atoms with E-state index in [1.807, 2.05) is 24.3 Å². The van der Waals surface area contributed by atoms with Crippen LogP contribution in [0, 0.1) is 0 Å². The van der Waals surface area contributed by atoms with Gasteiger partial charge >= 0.3 is 0 Å². The third-order valence-corrected chi connectivity index (χ3v) is 5.16. The van der Waals surface area contributed by atoms with Crippen molar-refractivity contribution in [3.8, 4) is 5.75 Å². The largest absolute Gasteiger partial charge is 0.466 e. The predicted octanol–water partition coefficient (Wildman–Crippen LogP) is 3.41. The molecule has 0 aliphatic carbocycles. The molecule has 2 aromatic rings. The highest BCUT2D eigenvalue weighted by Gasteiger charge is 2.47. The Hall–Kier alpha value is -3.02. The third-order valence-electron chi connectivity index (χ3n) is 5.16. The fraction of sp³-hybridized carbons (Fsp3) is 0.333. The molecule has 2 aliphatic heterocycles. The van der Waals surface area contributed by atoms with Gasteiger partial charge in [0.15, 0.2) is 0 Å². The summed E-state index contributed by atoms with van der Waals surface area (Å²) in [6.45, 7) is 3.62. The Labute approximate surface area is 158 Å². The average molecular weight is 365 g/mol. The fourth-order valence-electron chi connectivity index (χ4n) is 3.47. The van der Waals surface area contributed by atoms with Crippen LogP contribution in [0.25, 0.3) is 0 Å². The minimum atomic E-state index is -1.63. The van der Waals surface area contributed by atoms with Gasteiger partial charge in [-0.3, -0.25) is 9.59 Å². The van der Waals surface area contributed by atoms with Crippen molar-refractivity contribution in [1.82, 2.24) is 0 Å². The number of rotatable bonds is 3. The van der Waals surface area contributed by atoms with Crippen LogP contribution in [-0.2, 0) is 9.59 Å². The Morgan fingerprint density at radius 2 is 1.78 bits per heavy atom. The molecule has 0 spiro atoms. The average Bonchev–Trinajstić information content (AvgIpc) is 2.70. The number of benzene rings is 2. The number of ether oxygens (including phenoxy) is 1. The first-order valence-electron chi connectivity index (χ1n) is 9.32. The molecule has 140 valence electrons. The first kappa shape index (κ1) is 17.4. The summed E-state index contributed by atoms with van der Waals surface area (Å²) >= 11 is 0. The highest BCUT2D eigenvalue weighted by molar-refractivity contribution is 6.19. The lowest BCUT2D eigenvalue weighted by molar-refractivity contribution is -0.143. The zero-order valence-corrected chi connectivity index (χ0v) is 15.3. The van der Waals surface area contributed by atoms with Crippen molar-refractivity contribution in [3.63, 3.8) is 0 Å². The van der Waals surface area contributed by atoms with E-state index < -0.39 is 17.4 Å². The smallest absolute Gasteiger partial charge is 0.278 e. The van der Waals surface area contributed by atoms with Crippen molar-refractivity contribution in [3.05, 3.63) is 48.5 Å². The van der Waals surface area contributed by atoms with E-state index in [0.29, 0.717) is 17.1 Å². The fourth-order valence-corrected chi connectivity index (χ4v) is 3.47. The summed E-state index contributed by atoms with van der Waals surface area (Å²) < 4.78 is 5.75. The Balaban J connectivity index is 1.47. The number of para-hydroxylation sites is 2. The van der Waals surface area contributed by atoms with Crippen LogP contribution < -0.4 is 20.3 Å². The number of hydrogen-bond donors (Lipinski definition) is 2. The van der Waals surface area contributed by atoms with E-state index in [-0.39, 0.29) is 0 Å². The second-order valence-corrected chi connectivity index (χ2v) is 7.13. The van der Waals surface area contributed by atoms with Crippen LogP contribution in [0.5, 0.6) is 5.75 Å². The van der Waals surface area contributed by atoms with Gasteiger partial charge in [-0.25, -0.2) is 0 Å². The van der Waals surface area contributed by atoms with Gasteiger partial charge < -0.3 is 20.3 Å². The number of piperidine rings is 1. The van der Waals surface area contributed by atoms with E-state index in [1.165, 1.54) is 26.2 Å². The van der Waals surface area contributed by atoms with E-state index in [2.05, 4.69) is 15.5 Å². The van der Waals surface area contributed by atoms with Crippen LogP contribution in [0.4, 0.5) is 17.1 Å². The molecule has 2 heterocycles. The number of carbonyl (C=O) groups excluding carboxylic acids is 2. The summed E-state index contributed by atoms with van der Waals surface area (Å²) in [5.74, 6) is -0.501. The third kappa shape index (κ3) is 3.35. The Kier molecular flexibility index (Phi) is 4.48. The molecule has 27 heavy (non-hydrogen) atoms. The van der Waals surface area contributed by atoms with Gasteiger partial charge in [0.05, 0.1) is 5.69 Å². The highest BCUT2D eigenvalue weighted by Crippen LogP contribution is 2.34. The van der Waals surface area contributed by atoms with Gasteiger partial charge in [-0.15, -0.1) is 0 Å². The van der Waals surface area contributed by atoms with Crippen LogP contribution in [-0.4, -0.2) is 30.5 Å². The molecule has 1 fully saturated rings. The lowest BCUT2D eigenvalue weighted by Gasteiger charge is -2.33. The molecule has 4 rings (SSSR count). The maximum Gasteiger partial charge on any atom is 0.278 e. The van der Waals surface area contributed by atoms with Crippen molar-refractivity contribution < 1.29 is 14.3 Å². The number of nitrogens with one attached hydrogen (secondary N) is 2. The van der Waals surface area contributed by atoms with Crippen LogP contribution in [0.15, 0.2) is 48.5 Å². The molecule has 0 radical (unpaired) electrons. The molecule has 2 aliphatic rings. The van der Waals surface area contributed by atoms with Crippen LogP contribution in [0.2, 0.25) is 0 Å². The monoisotopic (exact) mass is 365 g/mol. The first-order valence-corrected chi connectivity index (χ1v) is 9.32. The molecule has 0 bridgehead atoms. The Bertz CT molecular complexity index is 859. The zero-order valence-electron chi connectivity index (χ0n) is 15.3. The van der Waals surface area contributed by atoms with Gasteiger partial charge in [0.25, 0.3) is 17.4 Å². The van der Waals surface area contributed by atoms with E-state index >= 15 is 0 Å². The Morgan fingerprint density at radius 1 is 1.07 bits per heavy atom. The molecule has 2 N–H and O–H groups in total. The van der Waals surface area contributed by atoms with Crippen LogP contribution in [0.3, 0.4) is 0 Å². The standard InChI is InChI=1S/C21H23N3O3/c1-21(20(26)23-17-7-3-4-8-18(17)27-21)19(25)22-15-9-11-16(12-10-15)24-13-5-2-6-14-24/h3-4,7-12H,2,5-6,13-14H2,1H3,(H,22,25)(H,23,26). The number of carbonyl (C=O) groups is 2. The van der Waals surface area contributed by atoms with Gasteiger partial charge in [-0.1, -0.05) is 12.1 Å². The minimum Gasteiger partial charge on any atom is -0.466 e.